The molecular formula is C14H11BrN2O. The number of hydrogen-bond acceptors (Lipinski definition) is 3. The number of hydrogen-bond donors (Lipinski definition) is 1. The molecule has 4 heteroatoms. The molecule has 0 bridgehead atoms. The van der Waals surface area contributed by atoms with Crippen LogP contribution in [-0.2, 0) is 0 Å². The van der Waals surface area contributed by atoms with E-state index in [2.05, 4.69) is 27.3 Å². The number of halogens is 1. The van der Waals surface area contributed by atoms with Crippen molar-refractivity contribution in [3.63, 3.8) is 0 Å². The lowest BCUT2D eigenvalue weighted by Crippen LogP contribution is -1.92. The van der Waals surface area contributed by atoms with Gasteiger partial charge in [-0.1, -0.05) is 15.9 Å². The Morgan fingerprint density at radius 2 is 1.83 bits per heavy atom. The van der Waals surface area contributed by atoms with Crippen molar-refractivity contribution in [2.75, 3.05) is 12.4 Å². The van der Waals surface area contributed by atoms with Crippen LogP contribution in [0, 0.1) is 11.3 Å². The predicted molar refractivity (Wildman–Crippen MR) is 75.1 cm³/mol. The third-order valence-corrected chi connectivity index (χ3v) is 2.87. The van der Waals surface area contributed by atoms with Crippen molar-refractivity contribution < 1.29 is 4.74 Å². The maximum Gasteiger partial charge on any atom is 0.122 e. The molecule has 0 spiro atoms. The first-order valence-corrected chi connectivity index (χ1v) is 6.12. The minimum atomic E-state index is 0.646. The summed E-state index contributed by atoms with van der Waals surface area (Å²) >= 11 is 3.43. The molecule has 0 aliphatic carbocycles. The van der Waals surface area contributed by atoms with Crippen LogP contribution in [0.1, 0.15) is 5.56 Å². The lowest BCUT2D eigenvalue weighted by molar-refractivity contribution is 0.415. The van der Waals surface area contributed by atoms with Gasteiger partial charge in [0.15, 0.2) is 0 Å². The Balaban J connectivity index is 2.22. The number of nitrogens with zero attached hydrogens (tertiary/aromatic N) is 1. The lowest BCUT2D eigenvalue weighted by atomic mass is 10.2. The van der Waals surface area contributed by atoms with Crippen LogP contribution in [0.2, 0.25) is 0 Å². The van der Waals surface area contributed by atoms with Crippen molar-refractivity contribution in [2.24, 2.45) is 0 Å². The molecule has 0 radical (unpaired) electrons. The van der Waals surface area contributed by atoms with E-state index in [4.69, 9.17) is 10.00 Å². The number of methoxy groups -OCH3 is 1. The summed E-state index contributed by atoms with van der Waals surface area (Å²) in [5.74, 6) is 0.778. The highest BCUT2D eigenvalue weighted by Crippen LogP contribution is 2.26. The van der Waals surface area contributed by atoms with Crippen LogP contribution >= 0.6 is 15.9 Å². The van der Waals surface area contributed by atoms with E-state index < -0.39 is 0 Å². The summed E-state index contributed by atoms with van der Waals surface area (Å²) in [4.78, 5) is 0. The summed E-state index contributed by atoms with van der Waals surface area (Å²) in [6, 6.07) is 15.1. The first-order valence-electron chi connectivity index (χ1n) is 5.33. The fourth-order valence-corrected chi connectivity index (χ4v) is 2.02. The molecular weight excluding hydrogens is 292 g/mol. The van der Waals surface area contributed by atoms with Crippen LogP contribution in [0.5, 0.6) is 5.75 Å². The van der Waals surface area contributed by atoms with Crippen LogP contribution < -0.4 is 10.1 Å². The minimum absolute atomic E-state index is 0.646. The van der Waals surface area contributed by atoms with Gasteiger partial charge in [0, 0.05) is 21.9 Å². The Labute approximate surface area is 114 Å². The SMILES string of the molecule is COc1cc(Br)cc(Nc2ccc(C#N)cc2)c1. The van der Waals surface area contributed by atoms with E-state index in [0.29, 0.717) is 5.56 Å². The summed E-state index contributed by atoms with van der Waals surface area (Å²) in [5.41, 5.74) is 2.49. The van der Waals surface area contributed by atoms with Gasteiger partial charge < -0.3 is 10.1 Å². The molecule has 0 aromatic heterocycles. The van der Waals surface area contributed by atoms with Crippen molar-refractivity contribution in [1.29, 1.82) is 5.26 Å². The van der Waals surface area contributed by atoms with Crippen molar-refractivity contribution in [3.8, 4) is 11.8 Å². The van der Waals surface area contributed by atoms with Crippen molar-refractivity contribution in [2.45, 2.75) is 0 Å². The average Bonchev–Trinajstić information content (AvgIpc) is 2.39. The molecule has 0 amide bonds. The Kier molecular flexibility index (Phi) is 3.85. The highest BCUT2D eigenvalue weighted by molar-refractivity contribution is 9.10. The maximum absolute atomic E-state index is 8.73. The van der Waals surface area contributed by atoms with Gasteiger partial charge in [0.1, 0.15) is 5.75 Å². The molecule has 2 rings (SSSR count). The molecule has 18 heavy (non-hydrogen) atoms. The van der Waals surface area contributed by atoms with Crippen molar-refractivity contribution >= 4 is 27.3 Å². The second kappa shape index (κ2) is 5.56. The van der Waals surface area contributed by atoms with Gasteiger partial charge >= 0.3 is 0 Å². The van der Waals surface area contributed by atoms with Crippen LogP contribution in [0.4, 0.5) is 11.4 Å². The largest absolute Gasteiger partial charge is 0.497 e. The Bertz CT molecular complexity index is 588. The van der Waals surface area contributed by atoms with Crippen LogP contribution in [-0.4, -0.2) is 7.11 Å². The zero-order valence-corrected chi connectivity index (χ0v) is 11.4. The van der Waals surface area contributed by atoms with E-state index in [1.54, 1.807) is 19.2 Å². The molecule has 3 nitrogen and oxygen atoms in total. The molecule has 0 unspecified atom stereocenters. The molecule has 0 fully saturated rings. The van der Waals surface area contributed by atoms with Gasteiger partial charge in [0.25, 0.3) is 0 Å². The third-order valence-electron chi connectivity index (χ3n) is 2.41. The van der Waals surface area contributed by atoms with Gasteiger partial charge in [0.05, 0.1) is 18.7 Å². The molecule has 0 saturated heterocycles. The highest BCUT2D eigenvalue weighted by Gasteiger charge is 2.00. The molecule has 2 aromatic carbocycles. The highest BCUT2D eigenvalue weighted by atomic mass is 79.9. The number of benzene rings is 2. The summed E-state index contributed by atoms with van der Waals surface area (Å²) in [5, 5.41) is 12.0. The molecule has 0 saturated carbocycles. The monoisotopic (exact) mass is 302 g/mol. The molecule has 1 N–H and O–H groups in total. The average molecular weight is 303 g/mol. The summed E-state index contributed by atoms with van der Waals surface area (Å²) in [7, 11) is 1.63. The Hall–Kier alpha value is -1.99. The van der Waals surface area contributed by atoms with Crippen LogP contribution in [0.15, 0.2) is 46.9 Å². The number of rotatable bonds is 3. The van der Waals surface area contributed by atoms with E-state index in [1.165, 1.54) is 0 Å². The molecule has 2 aromatic rings. The number of nitrogens with one attached hydrogen (secondary N) is 1. The van der Waals surface area contributed by atoms with E-state index >= 15 is 0 Å². The van der Waals surface area contributed by atoms with E-state index in [1.807, 2.05) is 30.3 Å². The van der Waals surface area contributed by atoms with E-state index in [9.17, 15) is 0 Å². The summed E-state index contributed by atoms with van der Waals surface area (Å²) < 4.78 is 6.14. The third kappa shape index (κ3) is 3.02. The summed E-state index contributed by atoms with van der Waals surface area (Å²) in [6.45, 7) is 0. The predicted octanol–water partition coefficient (Wildman–Crippen LogP) is 4.07. The second-order valence-electron chi connectivity index (χ2n) is 3.69. The number of nitriles is 1. The summed E-state index contributed by atoms with van der Waals surface area (Å²) in [6.07, 6.45) is 0. The van der Waals surface area contributed by atoms with Gasteiger partial charge in [-0.2, -0.15) is 5.26 Å². The zero-order valence-electron chi connectivity index (χ0n) is 9.77. The lowest BCUT2D eigenvalue weighted by Gasteiger charge is -2.09. The quantitative estimate of drug-likeness (QED) is 0.929. The standard InChI is InChI=1S/C14H11BrN2O/c1-18-14-7-11(15)6-13(8-14)17-12-4-2-10(9-16)3-5-12/h2-8,17H,1H3. The fourth-order valence-electron chi connectivity index (χ4n) is 1.55. The minimum Gasteiger partial charge on any atom is -0.497 e. The van der Waals surface area contributed by atoms with E-state index in [-0.39, 0.29) is 0 Å². The van der Waals surface area contributed by atoms with Gasteiger partial charge in [-0.15, -0.1) is 0 Å². The van der Waals surface area contributed by atoms with E-state index in [0.717, 1.165) is 21.6 Å². The molecule has 0 heterocycles. The van der Waals surface area contributed by atoms with Gasteiger partial charge in [-0.05, 0) is 36.4 Å². The fraction of sp³-hybridized carbons (Fsp3) is 0.0714. The topological polar surface area (TPSA) is 45.0 Å². The van der Waals surface area contributed by atoms with Gasteiger partial charge in [-0.3, -0.25) is 0 Å². The first-order chi connectivity index (χ1) is 8.71. The zero-order chi connectivity index (χ0) is 13.0. The Morgan fingerprint density at radius 1 is 1.11 bits per heavy atom. The van der Waals surface area contributed by atoms with Crippen LogP contribution in [0.25, 0.3) is 0 Å². The molecule has 0 atom stereocenters. The molecule has 0 aliphatic rings. The molecule has 90 valence electrons. The second-order valence-corrected chi connectivity index (χ2v) is 4.61. The van der Waals surface area contributed by atoms with Crippen molar-refractivity contribution in [3.05, 3.63) is 52.5 Å². The first kappa shape index (κ1) is 12.5. The Morgan fingerprint density at radius 3 is 2.44 bits per heavy atom. The molecule has 0 aliphatic heterocycles. The normalized spacial score (nSPS) is 9.61. The van der Waals surface area contributed by atoms with Crippen LogP contribution in [0.3, 0.4) is 0 Å². The number of anilines is 2. The maximum atomic E-state index is 8.73. The van der Waals surface area contributed by atoms with Gasteiger partial charge in [-0.25, -0.2) is 0 Å². The number of ether oxygens (including phenoxy) is 1. The smallest absolute Gasteiger partial charge is 0.122 e. The van der Waals surface area contributed by atoms with Gasteiger partial charge in [0.2, 0.25) is 0 Å². The van der Waals surface area contributed by atoms with Crippen molar-refractivity contribution in [1.82, 2.24) is 0 Å².